The van der Waals surface area contributed by atoms with Gasteiger partial charge in [-0.05, 0) is 68.8 Å². The molecule has 1 amide bonds. The number of hydrogen-bond donors (Lipinski definition) is 2. The van der Waals surface area contributed by atoms with Gasteiger partial charge in [-0.2, -0.15) is 0 Å². The molecule has 1 aliphatic rings. The smallest absolute Gasteiger partial charge is 0.227 e. The van der Waals surface area contributed by atoms with Crippen LogP contribution in [0.5, 0.6) is 0 Å². The highest BCUT2D eigenvalue weighted by atomic mass is 19.1. The molecular formula is C21H23FN4O. The first-order valence-corrected chi connectivity index (χ1v) is 9.31. The van der Waals surface area contributed by atoms with E-state index in [-0.39, 0.29) is 17.6 Å². The van der Waals surface area contributed by atoms with E-state index < -0.39 is 0 Å². The lowest BCUT2D eigenvalue weighted by molar-refractivity contribution is -0.121. The molecule has 0 bridgehead atoms. The fourth-order valence-corrected chi connectivity index (χ4v) is 3.63. The lowest BCUT2D eigenvalue weighted by Gasteiger charge is -2.30. The largest absolute Gasteiger partial charge is 0.341 e. The minimum atomic E-state index is -0.344. The van der Waals surface area contributed by atoms with Crippen LogP contribution in [0.25, 0.3) is 11.0 Å². The Labute approximate surface area is 157 Å². The number of nitrogens with zero attached hydrogens (tertiary/aromatic N) is 2. The van der Waals surface area contributed by atoms with Crippen molar-refractivity contribution in [3.05, 3.63) is 59.7 Å². The van der Waals surface area contributed by atoms with E-state index in [1.165, 1.54) is 17.7 Å². The van der Waals surface area contributed by atoms with E-state index in [2.05, 4.69) is 39.2 Å². The summed E-state index contributed by atoms with van der Waals surface area (Å²) in [4.78, 5) is 22.8. The second-order valence-corrected chi connectivity index (χ2v) is 7.25. The normalized spacial score (nSPS) is 15.9. The number of hydrogen-bond acceptors (Lipinski definition) is 3. The number of aryl methyl sites for hydroxylation is 1. The van der Waals surface area contributed by atoms with E-state index in [1.807, 2.05) is 6.07 Å². The molecule has 0 unspecified atom stereocenters. The van der Waals surface area contributed by atoms with Gasteiger partial charge >= 0.3 is 0 Å². The molecule has 27 heavy (non-hydrogen) atoms. The van der Waals surface area contributed by atoms with Crippen LogP contribution >= 0.6 is 0 Å². The number of carbonyl (C=O) groups excluding carboxylic acids is 1. The summed E-state index contributed by atoms with van der Waals surface area (Å²) < 4.78 is 13.3. The molecule has 0 spiro atoms. The highest BCUT2D eigenvalue weighted by Gasteiger charge is 2.25. The second kappa shape index (κ2) is 7.48. The van der Waals surface area contributed by atoms with Crippen molar-refractivity contribution in [1.82, 2.24) is 14.9 Å². The van der Waals surface area contributed by atoms with Crippen molar-refractivity contribution in [2.45, 2.75) is 26.3 Å². The van der Waals surface area contributed by atoms with Crippen molar-refractivity contribution in [2.24, 2.45) is 5.92 Å². The Kier molecular flexibility index (Phi) is 4.90. The number of aromatic nitrogens is 2. The van der Waals surface area contributed by atoms with Crippen LogP contribution in [-0.2, 0) is 11.3 Å². The van der Waals surface area contributed by atoms with Crippen LogP contribution in [0, 0.1) is 18.7 Å². The van der Waals surface area contributed by atoms with E-state index in [0.717, 1.165) is 49.3 Å². The van der Waals surface area contributed by atoms with Crippen LogP contribution in [-0.4, -0.2) is 33.9 Å². The van der Waals surface area contributed by atoms with Gasteiger partial charge in [0.25, 0.3) is 0 Å². The predicted octanol–water partition coefficient (Wildman–Crippen LogP) is 3.86. The molecule has 5 nitrogen and oxygen atoms in total. The van der Waals surface area contributed by atoms with Gasteiger partial charge in [-0.25, -0.2) is 9.37 Å². The summed E-state index contributed by atoms with van der Waals surface area (Å²) in [6, 6.07) is 12.2. The zero-order valence-corrected chi connectivity index (χ0v) is 15.3. The molecule has 1 aliphatic heterocycles. The zero-order valence-electron chi connectivity index (χ0n) is 15.3. The van der Waals surface area contributed by atoms with Crippen molar-refractivity contribution in [1.29, 1.82) is 0 Å². The second-order valence-electron chi connectivity index (χ2n) is 7.25. The van der Waals surface area contributed by atoms with Crippen LogP contribution in [0.4, 0.5) is 10.1 Å². The molecule has 1 saturated heterocycles. The summed E-state index contributed by atoms with van der Waals surface area (Å²) in [6.07, 6.45) is 1.58. The van der Waals surface area contributed by atoms with Gasteiger partial charge in [0.05, 0.1) is 17.6 Å². The Morgan fingerprint density at radius 2 is 2.07 bits per heavy atom. The van der Waals surface area contributed by atoms with Crippen LogP contribution in [0.1, 0.15) is 24.2 Å². The van der Waals surface area contributed by atoms with Crippen LogP contribution in [0.2, 0.25) is 0 Å². The Morgan fingerprint density at radius 3 is 2.85 bits per heavy atom. The summed E-state index contributed by atoms with van der Waals surface area (Å²) in [6.45, 7) is 4.51. The fourth-order valence-electron chi connectivity index (χ4n) is 3.63. The average Bonchev–Trinajstić information content (AvgIpc) is 3.03. The predicted molar refractivity (Wildman–Crippen MR) is 104 cm³/mol. The number of halogens is 1. The van der Waals surface area contributed by atoms with Crippen molar-refractivity contribution in [3.63, 3.8) is 0 Å². The summed E-state index contributed by atoms with van der Waals surface area (Å²) in [5.41, 5.74) is 3.78. The first kappa shape index (κ1) is 17.7. The summed E-state index contributed by atoms with van der Waals surface area (Å²) in [7, 11) is 0. The third-order valence-corrected chi connectivity index (χ3v) is 5.11. The summed E-state index contributed by atoms with van der Waals surface area (Å²) >= 11 is 0. The number of fused-ring (bicyclic) bond motifs is 1. The van der Waals surface area contributed by atoms with Gasteiger partial charge in [0.15, 0.2) is 0 Å². The number of anilines is 1. The standard InChI is InChI=1S/C21H23FN4O/c1-14-5-6-18-19(11-14)25-20(24-18)13-26-9-7-15(8-10-26)21(27)23-17-4-2-3-16(22)12-17/h2-6,11-12,15H,7-10,13H2,1H3,(H,23,27)(H,24,25). The summed E-state index contributed by atoms with van der Waals surface area (Å²) in [5, 5.41) is 2.82. The molecule has 0 aliphatic carbocycles. The van der Waals surface area contributed by atoms with Gasteiger partial charge in [-0.3, -0.25) is 9.69 Å². The molecule has 0 saturated carbocycles. The molecule has 2 heterocycles. The van der Waals surface area contributed by atoms with Gasteiger partial charge in [-0.15, -0.1) is 0 Å². The monoisotopic (exact) mass is 366 g/mol. The Balaban J connectivity index is 1.32. The number of benzene rings is 2. The SMILES string of the molecule is Cc1ccc2nc(CN3CCC(C(=O)Nc4cccc(F)c4)CC3)[nH]c2c1. The number of piperidine rings is 1. The molecule has 2 N–H and O–H groups in total. The summed E-state index contributed by atoms with van der Waals surface area (Å²) in [5.74, 6) is 0.546. The van der Waals surface area contributed by atoms with Crippen molar-refractivity contribution >= 4 is 22.6 Å². The number of H-pyrrole nitrogens is 1. The van der Waals surface area contributed by atoms with Gasteiger partial charge < -0.3 is 10.3 Å². The molecule has 1 fully saturated rings. The number of aromatic amines is 1. The number of amides is 1. The molecular weight excluding hydrogens is 343 g/mol. The molecule has 6 heteroatoms. The number of imidazole rings is 1. The van der Waals surface area contributed by atoms with E-state index in [1.54, 1.807) is 12.1 Å². The third kappa shape index (κ3) is 4.17. The quantitative estimate of drug-likeness (QED) is 0.737. The number of carbonyl (C=O) groups is 1. The van der Waals surface area contributed by atoms with Crippen molar-refractivity contribution in [3.8, 4) is 0 Å². The number of nitrogens with one attached hydrogen (secondary N) is 2. The number of rotatable bonds is 4. The van der Waals surface area contributed by atoms with Crippen LogP contribution in [0.15, 0.2) is 42.5 Å². The van der Waals surface area contributed by atoms with Gasteiger partial charge in [0.1, 0.15) is 11.6 Å². The molecule has 0 atom stereocenters. The minimum absolute atomic E-state index is 0.0283. The molecule has 4 rings (SSSR count). The Hall–Kier alpha value is -2.73. The van der Waals surface area contributed by atoms with E-state index in [9.17, 15) is 9.18 Å². The van der Waals surface area contributed by atoms with E-state index in [4.69, 9.17) is 0 Å². The highest BCUT2D eigenvalue weighted by Crippen LogP contribution is 2.22. The average molecular weight is 366 g/mol. The first-order chi connectivity index (χ1) is 13.1. The maximum absolute atomic E-state index is 13.3. The minimum Gasteiger partial charge on any atom is -0.341 e. The molecule has 3 aromatic rings. The van der Waals surface area contributed by atoms with Crippen LogP contribution in [0.3, 0.4) is 0 Å². The molecule has 140 valence electrons. The fraction of sp³-hybridized carbons (Fsp3) is 0.333. The molecule has 0 radical (unpaired) electrons. The zero-order chi connectivity index (χ0) is 18.8. The van der Waals surface area contributed by atoms with E-state index in [0.29, 0.717) is 5.69 Å². The topological polar surface area (TPSA) is 61.0 Å². The van der Waals surface area contributed by atoms with Crippen molar-refractivity contribution in [2.75, 3.05) is 18.4 Å². The van der Waals surface area contributed by atoms with Gasteiger partial charge in [0.2, 0.25) is 5.91 Å². The lowest BCUT2D eigenvalue weighted by atomic mass is 9.96. The molecule has 2 aromatic carbocycles. The lowest BCUT2D eigenvalue weighted by Crippen LogP contribution is -2.38. The third-order valence-electron chi connectivity index (χ3n) is 5.11. The Bertz CT molecular complexity index is 960. The highest BCUT2D eigenvalue weighted by molar-refractivity contribution is 5.92. The van der Waals surface area contributed by atoms with Gasteiger partial charge in [0, 0.05) is 11.6 Å². The molecule has 1 aromatic heterocycles. The van der Waals surface area contributed by atoms with E-state index >= 15 is 0 Å². The van der Waals surface area contributed by atoms with Gasteiger partial charge in [-0.1, -0.05) is 12.1 Å². The van der Waals surface area contributed by atoms with Crippen LogP contribution < -0.4 is 5.32 Å². The maximum atomic E-state index is 13.3. The maximum Gasteiger partial charge on any atom is 0.227 e. The Morgan fingerprint density at radius 1 is 1.26 bits per heavy atom. The first-order valence-electron chi connectivity index (χ1n) is 9.31. The van der Waals surface area contributed by atoms with Crippen molar-refractivity contribution < 1.29 is 9.18 Å². The number of likely N-dealkylation sites (tertiary alicyclic amines) is 1.